The monoisotopic (exact) mass is 336 g/mol. The molecule has 2 atom stereocenters. The molecule has 0 aromatic carbocycles. The molecule has 0 bridgehead atoms. The predicted molar refractivity (Wildman–Crippen MR) is 82.7 cm³/mol. The van der Waals surface area contributed by atoms with Crippen molar-refractivity contribution >= 4 is 11.4 Å². The molecule has 1 rings (SSSR count). The average Bonchev–Trinajstić information content (AvgIpc) is 2.42. The second-order valence-corrected chi connectivity index (χ2v) is 8.52. The van der Waals surface area contributed by atoms with E-state index in [1.807, 2.05) is 20.8 Å². The minimum absolute atomic E-state index is 0.284. The van der Waals surface area contributed by atoms with Gasteiger partial charge in [0.25, 0.3) is 0 Å². The van der Waals surface area contributed by atoms with Crippen molar-refractivity contribution in [3.05, 3.63) is 29.1 Å². The normalized spacial score (nSPS) is 16.0. The molecule has 0 radical (unpaired) electrons. The molecule has 0 aliphatic carbocycles. The topological polar surface area (TPSA) is 39.2 Å². The first-order valence-corrected chi connectivity index (χ1v) is 8.21. The van der Waals surface area contributed by atoms with E-state index in [4.69, 9.17) is 0 Å². The number of hydrogen-bond acceptors (Lipinski definition) is 3. The Balaban J connectivity index is 3.20. The van der Waals surface area contributed by atoms with Gasteiger partial charge in [0.15, 0.2) is 0 Å². The zero-order chi connectivity index (χ0) is 17.3. The van der Waals surface area contributed by atoms with Crippen molar-refractivity contribution in [1.29, 1.82) is 0 Å². The molecule has 1 heterocycles. The summed E-state index contributed by atoms with van der Waals surface area (Å²) in [6.07, 6.45) is -4.00. The second kappa shape index (κ2) is 6.76. The Bertz CT molecular complexity index is 514. The number of halogens is 3. The van der Waals surface area contributed by atoms with E-state index in [0.29, 0.717) is 12.0 Å². The minimum Gasteiger partial charge on any atom is -0.597 e. The van der Waals surface area contributed by atoms with E-state index in [1.54, 1.807) is 31.3 Å². The first-order chi connectivity index (χ1) is 9.87. The van der Waals surface area contributed by atoms with Crippen LogP contribution < -0.4 is 0 Å². The number of rotatable bonds is 4. The van der Waals surface area contributed by atoms with Gasteiger partial charge in [0.1, 0.15) is 10.4 Å². The first-order valence-electron chi connectivity index (χ1n) is 7.10. The van der Waals surface area contributed by atoms with E-state index in [-0.39, 0.29) is 5.69 Å². The molecule has 3 nitrogen and oxygen atoms in total. The molecular formula is C15H23F3N2OS. The summed E-state index contributed by atoms with van der Waals surface area (Å²) in [6.45, 7) is 8.97. The van der Waals surface area contributed by atoms with Gasteiger partial charge in [0.05, 0.1) is 11.7 Å². The van der Waals surface area contributed by atoms with Gasteiger partial charge in [0, 0.05) is 18.4 Å². The fraction of sp³-hybridized carbons (Fsp3) is 0.667. The zero-order valence-electron chi connectivity index (χ0n) is 13.8. The summed E-state index contributed by atoms with van der Waals surface area (Å²) in [5.74, 6) is 0. The summed E-state index contributed by atoms with van der Waals surface area (Å²) in [6, 6.07) is 2.24. The molecule has 22 heavy (non-hydrogen) atoms. The Morgan fingerprint density at radius 3 is 2.23 bits per heavy atom. The van der Waals surface area contributed by atoms with Crippen molar-refractivity contribution in [3.63, 3.8) is 0 Å². The fourth-order valence-electron chi connectivity index (χ4n) is 1.94. The quantitative estimate of drug-likeness (QED) is 0.777. The van der Waals surface area contributed by atoms with Crippen molar-refractivity contribution in [1.82, 2.24) is 9.29 Å². The van der Waals surface area contributed by atoms with Crippen molar-refractivity contribution in [2.45, 2.75) is 58.0 Å². The number of hydrogen-bond donors (Lipinski definition) is 0. The Kier molecular flexibility index (Phi) is 5.92. The Morgan fingerprint density at radius 2 is 1.82 bits per heavy atom. The molecular weight excluding hydrogens is 313 g/mol. The summed E-state index contributed by atoms with van der Waals surface area (Å²) in [5.41, 5.74) is -0.0467. The maximum atomic E-state index is 13.0. The second-order valence-electron chi connectivity index (χ2n) is 6.22. The molecule has 1 aromatic heterocycles. The molecule has 0 amide bonds. The summed E-state index contributed by atoms with van der Waals surface area (Å²) >= 11 is -1.34. The number of aryl methyl sites for hydroxylation is 1. The highest BCUT2D eigenvalue weighted by Crippen LogP contribution is 2.32. The molecule has 126 valence electrons. The van der Waals surface area contributed by atoms with Crippen LogP contribution in [0, 0.1) is 0 Å². The van der Waals surface area contributed by atoms with Gasteiger partial charge >= 0.3 is 6.18 Å². The van der Waals surface area contributed by atoms with Crippen molar-refractivity contribution < 1.29 is 17.7 Å². The number of aromatic nitrogens is 1. The van der Waals surface area contributed by atoms with E-state index in [1.165, 1.54) is 0 Å². The maximum absolute atomic E-state index is 13.0. The largest absolute Gasteiger partial charge is 0.597 e. The van der Waals surface area contributed by atoms with Crippen LogP contribution in [0.25, 0.3) is 0 Å². The van der Waals surface area contributed by atoms with Crippen LogP contribution in [-0.4, -0.2) is 25.6 Å². The molecule has 0 unspecified atom stereocenters. The lowest BCUT2D eigenvalue weighted by atomic mass is 10.1. The minimum atomic E-state index is -4.48. The van der Waals surface area contributed by atoms with E-state index < -0.39 is 34.0 Å². The highest BCUT2D eigenvalue weighted by molar-refractivity contribution is 7.90. The van der Waals surface area contributed by atoms with Crippen LogP contribution in [0.5, 0.6) is 0 Å². The highest BCUT2D eigenvalue weighted by atomic mass is 32.2. The third-order valence-electron chi connectivity index (χ3n) is 3.36. The van der Waals surface area contributed by atoms with Gasteiger partial charge < -0.3 is 4.55 Å². The van der Waals surface area contributed by atoms with Crippen LogP contribution in [-0.2, 0) is 24.0 Å². The SMILES string of the molecule is CCc1cc([C@@H](C)N(C)[S@@+]([O-])C(C)(C)C)nc(C(F)(F)F)c1. The summed E-state index contributed by atoms with van der Waals surface area (Å²) < 4.78 is 52.4. The molecule has 0 aliphatic heterocycles. The first kappa shape index (κ1) is 19.3. The van der Waals surface area contributed by atoms with Gasteiger partial charge in [-0.3, -0.25) is 0 Å². The highest BCUT2D eigenvalue weighted by Gasteiger charge is 2.37. The van der Waals surface area contributed by atoms with Crippen LogP contribution in [0.15, 0.2) is 12.1 Å². The van der Waals surface area contributed by atoms with Gasteiger partial charge in [-0.2, -0.15) is 13.2 Å². The fourth-order valence-corrected chi connectivity index (χ4v) is 3.20. The lowest BCUT2D eigenvalue weighted by Gasteiger charge is -2.33. The summed E-state index contributed by atoms with van der Waals surface area (Å²) in [5, 5.41) is 0. The predicted octanol–water partition coefficient (Wildman–Crippen LogP) is 4.12. The molecule has 0 aliphatic rings. The molecule has 0 fully saturated rings. The molecule has 0 saturated heterocycles. The maximum Gasteiger partial charge on any atom is 0.433 e. The van der Waals surface area contributed by atoms with Gasteiger partial charge in [-0.1, -0.05) is 6.92 Å². The Labute approximate surface area is 133 Å². The lowest BCUT2D eigenvalue weighted by Crippen LogP contribution is -2.42. The van der Waals surface area contributed by atoms with Crippen LogP contribution in [0.4, 0.5) is 13.2 Å². The molecule has 7 heteroatoms. The van der Waals surface area contributed by atoms with E-state index >= 15 is 0 Å². The molecule has 0 saturated carbocycles. The summed E-state index contributed by atoms with van der Waals surface area (Å²) in [4.78, 5) is 3.74. The number of nitrogens with zero attached hydrogens (tertiary/aromatic N) is 2. The van der Waals surface area contributed by atoms with Crippen LogP contribution in [0.3, 0.4) is 0 Å². The smallest absolute Gasteiger partial charge is 0.433 e. The zero-order valence-corrected chi connectivity index (χ0v) is 14.6. The van der Waals surface area contributed by atoms with Crippen molar-refractivity contribution in [2.75, 3.05) is 7.05 Å². The number of pyridine rings is 1. The van der Waals surface area contributed by atoms with Crippen molar-refractivity contribution in [3.8, 4) is 0 Å². The van der Waals surface area contributed by atoms with Gasteiger partial charge in [-0.25, -0.2) is 4.98 Å². The van der Waals surface area contributed by atoms with E-state index in [0.717, 1.165) is 6.07 Å². The molecule has 0 spiro atoms. The Morgan fingerprint density at radius 1 is 1.27 bits per heavy atom. The third kappa shape index (κ3) is 4.60. The van der Waals surface area contributed by atoms with Crippen LogP contribution >= 0.6 is 0 Å². The summed E-state index contributed by atoms with van der Waals surface area (Å²) in [7, 11) is 1.64. The lowest BCUT2D eigenvalue weighted by molar-refractivity contribution is -0.141. The number of alkyl halides is 3. The molecule has 1 aromatic rings. The van der Waals surface area contributed by atoms with E-state index in [2.05, 4.69) is 4.98 Å². The standard InChI is InChI=1S/C15H23F3N2OS/c1-7-11-8-12(19-13(9-11)15(16,17)18)10(2)20(6)22(21)14(3,4)5/h8-10H,7H2,1-6H3/t10-,22+/m1/s1. The van der Waals surface area contributed by atoms with Crippen molar-refractivity contribution in [2.24, 2.45) is 0 Å². The molecule has 0 N–H and O–H groups in total. The Hall–Kier alpha value is -0.790. The van der Waals surface area contributed by atoms with Crippen LogP contribution in [0.2, 0.25) is 0 Å². The van der Waals surface area contributed by atoms with E-state index in [9.17, 15) is 17.7 Å². The van der Waals surface area contributed by atoms with Gasteiger partial charge in [-0.05, 0) is 51.8 Å². The van der Waals surface area contributed by atoms with Gasteiger partial charge in [-0.15, -0.1) is 4.31 Å². The third-order valence-corrected chi connectivity index (χ3v) is 5.25. The average molecular weight is 336 g/mol. The van der Waals surface area contributed by atoms with Crippen LogP contribution in [0.1, 0.15) is 57.6 Å². The van der Waals surface area contributed by atoms with Gasteiger partial charge in [0.2, 0.25) is 0 Å².